The molecule has 1 unspecified atom stereocenters. The lowest BCUT2D eigenvalue weighted by atomic mass is 9.91. The zero-order valence-electron chi connectivity index (χ0n) is 19.5. The van der Waals surface area contributed by atoms with Gasteiger partial charge in [0.15, 0.2) is 0 Å². The van der Waals surface area contributed by atoms with Gasteiger partial charge in [0.05, 0.1) is 17.2 Å². The standard InChI is InChI=1S/C25H35ClN4O2/c1-5-11-25(6-2,32-4)12-13-29-23(27)19-9-7-17(3)14-20(19)24(28)30-16-18-8-10-22(31)21(26)15-18/h7-10,14-15,31H,5-6,11-13,16H2,1-4H3,(H2,27,29)(H2,28,30). The van der Waals surface area contributed by atoms with Crippen molar-refractivity contribution in [2.45, 2.75) is 58.6 Å². The predicted molar refractivity (Wildman–Crippen MR) is 134 cm³/mol. The Morgan fingerprint density at radius 2 is 1.75 bits per heavy atom. The fourth-order valence-electron chi connectivity index (χ4n) is 3.75. The summed E-state index contributed by atoms with van der Waals surface area (Å²) >= 11 is 5.98. The lowest BCUT2D eigenvalue weighted by molar-refractivity contribution is -0.0258. The fraction of sp³-hybridized carbons (Fsp3) is 0.440. The smallest absolute Gasteiger partial charge is 0.134 e. The molecular weight excluding hydrogens is 424 g/mol. The molecule has 2 rings (SSSR count). The van der Waals surface area contributed by atoms with Crippen LogP contribution in [0.1, 0.15) is 61.8 Å². The first-order valence-corrected chi connectivity index (χ1v) is 11.4. The summed E-state index contributed by atoms with van der Waals surface area (Å²) in [7, 11) is 1.77. The van der Waals surface area contributed by atoms with Crippen LogP contribution in [0.15, 0.2) is 46.4 Å². The summed E-state index contributed by atoms with van der Waals surface area (Å²) in [5.74, 6) is 0.845. The lowest BCUT2D eigenvalue weighted by Gasteiger charge is -2.30. The number of aromatic hydroxyl groups is 1. The van der Waals surface area contributed by atoms with Gasteiger partial charge in [-0.05, 0) is 49.9 Å². The minimum absolute atomic E-state index is 0.0387. The van der Waals surface area contributed by atoms with Crippen molar-refractivity contribution in [2.75, 3.05) is 13.7 Å². The Balaban J connectivity index is 2.24. The summed E-state index contributed by atoms with van der Waals surface area (Å²) in [6.07, 6.45) is 3.79. The molecule has 0 spiro atoms. The monoisotopic (exact) mass is 458 g/mol. The normalized spacial score (nSPS) is 14.4. The van der Waals surface area contributed by atoms with E-state index in [1.807, 2.05) is 25.1 Å². The van der Waals surface area contributed by atoms with Gasteiger partial charge in [0.1, 0.15) is 17.4 Å². The summed E-state index contributed by atoms with van der Waals surface area (Å²) in [5.41, 5.74) is 15.9. The van der Waals surface area contributed by atoms with Crippen molar-refractivity contribution in [3.63, 3.8) is 0 Å². The number of phenolic OH excluding ortho intramolecular Hbond substituents is 1. The van der Waals surface area contributed by atoms with E-state index in [1.54, 1.807) is 25.3 Å². The van der Waals surface area contributed by atoms with E-state index in [9.17, 15) is 5.11 Å². The molecule has 2 aromatic carbocycles. The van der Waals surface area contributed by atoms with E-state index in [0.717, 1.165) is 47.9 Å². The summed E-state index contributed by atoms with van der Waals surface area (Å²) in [6, 6.07) is 10.9. The van der Waals surface area contributed by atoms with Gasteiger partial charge < -0.3 is 21.3 Å². The maximum Gasteiger partial charge on any atom is 0.134 e. The van der Waals surface area contributed by atoms with Crippen LogP contribution in [-0.2, 0) is 11.3 Å². The van der Waals surface area contributed by atoms with Gasteiger partial charge in [0.2, 0.25) is 0 Å². The third-order valence-corrected chi connectivity index (χ3v) is 6.11. The third-order valence-electron chi connectivity index (χ3n) is 5.80. The number of aliphatic imine (C=N–C) groups is 2. The number of phenols is 1. The number of hydrogen-bond acceptors (Lipinski definition) is 4. The molecule has 174 valence electrons. The van der Waals surface area contributed by atoms with Gasteiger partial charge in [-0.15, -0.1) is 0 Å². The largest absolute Gasteiger partial charge is 0.506 e. The second-order valence-corrected chi connectivity index (χ2v) is 8.45. The number of benzene rings is 2. The quantitative estimate of drug-likeness (QED) is 0.327. The van der Waals surface area contributed by atoms with Crippen LogP contribution in [0.2, 0.25) is 5.02 Å². The number of methoxy groups -OCH3 is 1. The number of nitrogens with two attached hydrogens (primary N) is 2. The first kappa shape index (κ1) is 25.7. The molecule has 0 aliphatic heterocycles. The molecule has 0 aliphatic carbocycles. The Labute approximate surface area is 196 Å². The average molecular weight is 459 g/mol. The molecular formula is C25H35ClN4O2. The summed E-state index contributed by atoms with van der Waals surface area (Å²) in [5, 5.41) is 9.87. The van der Waals surface area contributed by atoms with Crippen molar-refractivity contribution in [1.29, 1.82) is 0 Å². The van der Waals surface area contributed by atoms with E-state index >= 15 is 0 Å². The molecule has 0 aliphatic rings. The number of halogens is 1. The van der Waals surface area contributed by atoms with Gasteiger partial charge in [-0.2, -0.15) is 0 Å². The predicted octanol–water partition coefficient (Wildman–Crippen LogP) is 4.95. The van der Waals surface area contributed by atoms with E-state index < -0.39 is 0 Å². The molecule has 6 nitrogen and oxygen atoms in total. The topological polar surface area (TPSA) is 106 Å². The first-order chi connectivity index (χ1) is 15.2. The Hall–Kier alpha value is -2.57. The van der Waals surface area contributed by atoms with E-state index in [2.05, 4.69) is 23.8 Å². The second kappa shape index (κ2) is 11.9. The minimum atomic E-state index is -0.166. The minimum Gasteiger partial charge on any atom is -0.506 e. The number of nitrogens with zero attached hydrogens (tertiary/aromatic N) is 2. The molecule has 5 N–H and O–H groups in total. The molecule has 2 aromatic rings. The lowest BCUT2D eigenvalue weighted by Crippen LogP contribution is -2.32. The van der Waals surface area contributed by atoms with Crippen molar-refractivity contribution < 1.29 is 9.84 Å². The molecule has 0 fully saturated rings. The highest BCUT2D eigenvalue weighted by molar-refractivity contribution is 6.32. The molecule has 0 radical (unpaired) electrons. The van der Waals surface area contributed by atoms with Crippen molar-refractivity contribution in [1.82, 2.24) is 0 Å². The van der Waals surface area contributed by atoms with E-state index in [0.29, 0.717) is 24.8 Å². The van der Waals surface area contributed by atoms with Crippen LogP contribution in [0.25, 0.3) is 0 Å². The molecule has 0 heterocycles. The van der Waals surface area contributed by atoms with Gasteiger partial charge in [-0.25, -0.2) is 0 Å². The van der Waals surface area contributed by atoms with Gasteiger partial charge in [-0.1, -0.05) is 55.6 Å². The molecule has 0 amide bonds. The zero-order valence-corrected chi connectivity index (χ0v) is 20.2. The number of amidine groups is 2. The van der Waals surface area contributed by atoms with Crippen LogP contribution in [0.3, 0.4) is 0 Å². The number of ether oxygens (including phenoxy) is 1. The highest BCUT2D eigenvalue weighted by Gasteiger charge is 2.26. The highest BCUT2D eigenvalue weighted by Crippen LogP contribution is 2.26. The highest BCUT2D eigenvalue weighted by atomic mass is 35.5. The summed E-state index contributed by atoms with van der Waals surface area (Å²) < 4.78 is 5.81. The summed E-state index contributed by atoms with van der Waals surface area (Å²) in [4.78, 5) is 9.14. The SMILES string of the molecule is CCCC(CC)(CCN=C(N)c1ccc(C)cc1C(N)=NCc1ccc(O)c(Cl)c1)OC. The van der Waals surface area contributed by atoms with Crippen molar-refractivity contribution in [2.24, 2.45) is 21.5 Å². The van der Waals surface area contributed by atoms with Crippen LogP contribution in [0.5, 0.6) is 5.75 Å². The molecule has 0 saturated carbocycles. The second-order valence-electron chi connectivity index (χ2n) is 8.04. The molecule has 32 heavy (non-hydrogen) atoms. The number of aryl methyl sites for hydroxylation is 1. The molecule has 1 atom stereocenters. The van der Waals surface area contributed by atoms with Crippen LogP contribution >= 0.6 is 11.6 Å². The van der Waals surface area contributed by atoms with E-state index in [-0.39, 0.29) is 16.4 Å². The average Bonchev–Trinajstić information content (AvgIpc) is 2.78. The Morgan fingerprint density at radius 1 is 1.03 bits per heavy atom. The third kappa shape index (κ3) is 6.71. The van der Waals surface area contributed by atoms with Crippen LogP contribution in [0.4, 0.5) is 0 Å². The molecule has 0 aromatic heterocycles. The first-order valence-electron chi connectivity index (χ1n) is 11.0. The molecule has 0 saturated heterocycles. The van der Waals surface area contributed by atoms with Gasteiger partial charge in [0, 0.05) is 24.8 Å². The maximum atomic E-state index is 9.58. The Bertz CT molecular complexity index is 968. The molecule has 7 heteroatoms. The molecule has 0 bridgehead atoms. The maximum absolute atomic E-state index is 9.58. The van der Waals surface area contributed by atoms with Gasteiger partial charge >= 0.3 is 0 Å². The van der Waals surface area contributed by atoms with Crippen molar-refractivity contribution in [3.8, 4) is 5.75 Å². The van der Waals surface area contributed by atoms with Crippen molar-refractivity contribution in [3.05, 3.63) is 63.7 Å². The van der Waals surface area contributed by atoms with Crippen LogP contribution in [-0.4, -0.2) is 36.0 Å². The number of rotatable bonds is 11. The van der Waals surface area contributed by atoms with Gasteiger partial charge in [-0.3, -0.25) is 9.98 Å². The fourth-order valence-corrected chi connectivity index (χ4v) is 3.95. The summed E-state index contributed by atoms with van der Waals surface area (Å²) in [6.45, 7) is 7.20. The zero-order chi connectivity index (χ0) is 23.7. The van der Waals surface area contributed by atoms with Gasteiger partial charge in [0.25, 0.3) is 0 Å². The van der Waals surface area contributed by atoms with E-state index in [1.165, 1.54) is 0 Å². The Morgan fingerprint density at radius 3 is 2.38 bits per heavy atom. The van der Waals surface area contributed by atoms with E-state index in [4.69, 9.17) is 27.8 Å². The van der Waals surface area contributed by atoms with Crippen molar-refractivity contribution >= 4 is 23.3 Å². The number of hydrogen-bond donors (Lipinski definition) is 3. The van der Waals surface area contributed by atoms with Crippen LogP contribution in [0, 0.1) is 6.92 Å². The Kier molecular flexibility index (Phi) is 9.54. The van der Waals surface area contributed by atoms with Crippen LogP contribution < -0.4 is 11.5 Å².